The van der Waals surface area contributed by atoms with Crippen LogP contribution < -0.4 is 16.0 Å². The van der Waals surface area contributed by atoms with Gasteiger partial charge in [0.05, 0.1) is 6.04 Å². The van der Waals surface area contributed by atoms with Crippen molar-refractivity contribution < 1.29 is 4.79 Å². The van der Waals surface area contributed by atoms with E-state index in [4.69, 9.17) is 0 Å². The standard InChI is InChI=1S/C15H33N3O/c1-4-6-11-17-12-9-8-10-14(15(19)16-3)18-13-7-5-2/h14,17-18H,4-13H2,1-3H3,(H,16,19)/t14-/m1/s1. The molecule has 4 heteroatoms. The van der Waals surface area contributed by atoms with E-state index in [1.807, 2.05) is 0 Å². The van der Waals surface area contributed by atoms with E-state index >= 15 is 0 Å². The maximum Gasteiger partial charge on any atom is 0.236 e. The minimum Gasteiger partial charge on any atom is -0.358 e. The third kappa shape index (κ3) is 11.0. The van der Waals surface area contributed by atoms with Crippen molar-refractivity contribution in [2.24, 2.45) is 0 Å². The maximum atomic E-state index is 11.7. The summed E-state index contributed by atoms with van der Waals surface area (Å²) < 4.78 is 0. The van der Waals surface area contributed by atoms with Gasteiger partial charge in [-0.1, -0.05) is 33.1 Å². The van der Waals surface area contributed by atoms with Gasteiger partial charge < -0.3 is 16.0 Å². The number of hydrogen-bond acceptors (Lipinski definition) is 3. The van der Waals surface area contributed by atoms with Crippen LogP contribution in [0.3, 0.4) is 0 Å². The lowest BCUT2D eigenvalue weighted by molar-refractivity contribution is -0.122. The molecule has 0 aliphatic heterocycles. The summed E-state index contributed by atoms with van der Waals surface area (Å²) in [6.07, 6.45) is 7.95. The SMILES string of the molecule is CCCCNCCCC[C@@H](NCCCC)C(=O)NC. The Hall–Kier alpha value is -0.610. The summed E-state index contributed by atoms with van der Waals surface area (Å²) >= 11 is 0. The summed E-state index contributed by atoms with van der Waals surface area (Å²) in [5.74, 6) is 0.120. The Labute approximate surface area is 119 Å². The first-order valence-electron chi connectivity index (χ1n) is 7.91. The highest BCUT2D eigenvalue weighted by molar-refractivity contribution is 5.81. The lowest BCUT2D eigenvalue weighted by Gasteiger charge is -2.17. The molecule has 0 unspecified atom stereocenters. The number of amides is 1. The molecule has 19 heavy (non-hydrogen) atoms. The van der Waals surface area contributed by atoms with E-state index in [9.17, 15) is 4.79 Å². The summed E-state index contributed by atoms with van der Waals surface area (Å²) in [6.45, 7) is 7.49. The highest BCUT2D eigenvalue weighted by atomic mass is 16.2. The lowest BCUT2D eigenvalue weighted by Crippen LogP contribution is -2.43. The Kier molecular flexibility index (Phi) is 13.4. The Morgan fingerprint density at radius 3 is 2.21 bits per heavy atom. The van der Waals surface area contributed by atoms with Crippen LogP contribution in [0.5, 0.6) is 0 Å². The average molecular weight is 271 g/mol. The Morgan fingerprint density at radius 2 is 1.58 bits per heavy atom. The van der Waals surface area contributed by atoms with Gasteiger partial charge in [0.25, 0.3) is 0 Å². The molecule has 0 aromatic carbocycles. The quantitative estimate of drug-likeness (QED) is 0.449. The van der Waals surface area contributed by atoms with Gasteiger partial charge in [-0.15, -0.1) is 0 Å². The number of unbranched alkanes of at least 4 members (excludes halogenated alkanes) is 3. The van der Waals surface area contributed by atoms with Gasteiger partial charge in [-0.3, -0.25) is 4.79 Å². The summed E-state index contributed by atoms with van der Waals surface area (Å²) in [5.41, 5.74) is 0. The molecule has 0 aliphatic rings. The van der Waals surface area contributed by atoms with Crippen LogP contribution in [0.2, 0.25) is 0 Å². The van der Waals surface area contributed by atoms with E-state index in [1.54, 1.807) is 7.05 Å². The van der Waals surface area contributed by atoms with Crippen LogP contribution in [0, 0.1) is 0 Å². The molecule has 0 saturated carbocycles. The fourth-order valence-electron chi connectivity index (χ4n) is 1.98. The molecule has 3 N–H and O–H groups in total. The molecule has 0 aliphatic carbocycles. The molecule has 0 rings (SSSR count). The van der Waals surface area contributed by atoms with E-state index in [-0.39, 0.29) is 11.9 Å². The van der Waals surface area contributed by atoms with Gasteiger partial charge in [0.2, 0.25) is 5.91 Å². The molecule has 0 aromatic heterocycles. The fourth-order valence-corrected chi connectivity index (χ4v) is 1.98. The van der Waals surface area contributed by atoms with Crippen molar-refractivity contribution in [1.82, 2.24) is 16.0 Å². The molecule has 1 atom stereocenters. The second-order valence-corrected chi connectivity index (χ2v) is 5.07. The molecule has 4 nitrogen and oxygen atoms in total. The van der Waals surface area contributed by atoms with Gasteiger partial charge in [0.1, 0.15) is 0 Å². The molecule has 0 spiro atoms. The summed E-state index contributed by atoms with van der Waals surface area (Å²) in [7, 11) is 1.71. The number of carbonyl (C=O) groups excluding carboxylic acids is 1. The number of nitrogens with one attached hydrogen (secondary N) is 3. The first kappa shape index (κ1) is 18.4. The van der Waals surface area contributed by atoms with Crippen LogP contribution in [-0.4, -0.2) is 38.6 Å². The second kappa shape index (κ2) is 13.8. The van der Waals surface area contributed by atoms with Gasteiger partial charge in [-0.05, 0) is 45.3 Å². The van der Waals surface area contributed by atoms with Crippen molar-refractivity contribution in [1.29, 1.82) is 0 Å². The van der Waals surface area contributed by atoms with E-state index in [0.717, 1.165) is 51.7 Å². The average Bonchev–Trinajstić information content (AvgIpc) is 2.43. The molecular weight excluding hydrogens is 238 g/mol. The first-order valence-corrected chi connectivity index (χ1v) is 7.91. The van der Waals surface area contributed by atoms with Crippen molar-refractivity contribution >= 4 is 5.91 Å². The van der Waals surface area contributed by atoms with E-state index < -0.39 is 0 Å². The Balaban J connectivity index is 3.64. The molecule has 0 radical (unpaired) electrons. The summed E-state index contributed by atoms with van der Waals surface area (Å²) in [5, 5.41) is 9.53. The van der Waals surface area contributed by atoms with Gasteiger partial charge in [-0.25, -0.2) is 0 Å². The molecular formula is C15H33N3O. The molecule has 0 heterocycles. The van der Waals surface area contributed by atoms with Crippen molar-refractivity contribution in [3.8, 4) is 0 Å². The van der Waals surface area contributed by atoms with Crippen LogP contribution in [-0.2, 0) is 4.79 Å². The number of rotatable bonds is 13. The molecule has 114 valence electrons. The minimum atomic E-state index is -0.0211. The number of carbonyl (C=O) groups is 1. The zero-order chi connectivity index (χ0) is 14.3. The van der Waals surface area contributed by atoms with Crippen molar-refractivity contribution in [3.05, 3.63) is 0 Å². The van der Waals surface area contributed by atoms with Crippen LogP contribution >= 0.6 is 0 Å². The van der Waals surface area contributed by atoms with Gasteiger partial charge in [0.15, 0.2) is 0 Å². The number of hydrogen-bond donors (Lipinski definition) is 3. The lowest BCUT2D eigenvalue weighted by atomic mass is 10.1. The minimum absolute atomic E-state index is 0.0211. The zero-order valence-electron chi connectivity index (χ0n) is 13.1. The van der Waals surface area contributed by atoms with Crippen LogP contribution in [0.15, 0.2) is 0 Å². The highest BCUT2D eigenvalue weighted by Crippen LogP contribution is 2.01. The molecule has 0 aromatic rings. The van der Waals surface area contributed by atoms with E-state index in [1.165, 1.54) is 12.8 Å². The van der Waals surface area contributed by atoms with Gasteiger partial charge >= 0.3 is 0 Å². The predicted octanol–water partition coefficient (Wildman–Crippen LogP) is 2.05. The van der Waals surface area contributed by atoms with Crippen LogP contribution in [0.25, 0.3) is 0 Å². The summed E-state index contributed by atoms with van der Waals surface area (Å²) in [6, 6.07) is -0.0211. The Morgan fingerprint density at radius 1 is 0.947 bits per heavy atom. The molecule has 0 fully saturated rings. The first-order chi connectivity index (χ1) is 9.26. The molecule has 0 saturated heterocycles. The topological polar surface area (TPSA) is 53.2 Å². The van der Waals surface area contributed by atoms with Crippen LogP contribution in [0.1, 0.15) is 58.8 Å². The van der Waals surface area contributed by atoms with Crippen molar-refractivity contribution in [2.75, 3.05) is 26.7 Å². The highest BCUT2D eigenvalue weighted by Gasteiger charge is 2.15. The van der Waals surface area contributed by atoms with Gasteiger partial charge in [0, 0.05) is 7.05 Å². The van der Waals surface area contributed by atoms with Gasteiger partial charge in [-0.2, -0.15) is 0 Å². The monoisotopic (exact) mass is 271 g/mol. The van der Waals surface area contributed by atoms with Crippen molar-refractivity contribution in [3.63, 3.8) is 0 Å². The third-order valence-corrected chi connectivity index (χ3v) is 3.29. The predicted molar refractivity (Wildman–Crippen MR) is 82.4 cm³/mol. The third-order valence-electron chi connectivity index (χ3n) is 3.29. The largest absolute Gasteiger partial charge is 0.358 e. The normalized spacial score (nSPS) is 12.4. The zero-order valence-corrected chi connectivity index (χ0v) is 13.1. The summed E-state index contributed by atoms with van der Waals surface area (Å²) in [4.78, 5) is 11.7. The fraction of sp³-hybridized carbons (Fsp3) is 0.933. The Bertz CT molecular complexity index is 210. The van der Waals surface area contributed by atoms with Crippen LogP contribution in [0.4, 0.5) is 0 Å². The smallest absolute Gasteiger partial charge is 0.236 e. The van der Waals surface area contributed by atoms with E-state index in [0.29, 0.717) is 0 Å². The second-order valence-electron chi connectivity index (χ2n) is 5.07. The maximum absolute atomic E-state index is 11.7. The van der Waals surface area contributed by atoms with Crippen molar-refractivity contribution in [2.45, 2.75) is 64.8 Å². The number of likely N-dealkylation sites (N-methyl/N-ethyl adjacent to an activating group) is 1. The van der Waals surface area contributed by atoms with E-state index in [2.05, 4.69) is 29.8 Å². The molecule has 1 amide bonds. The molecule has 0 bridgehead atoms.